The Labute approximate surface area is 141 Å². The van der Waals surface area contributed by atoms with Crippen LogP contribution in [0.1, 0.15) is 41.6 Å². The third-order valence-corrected chi connectivity index (χ3v) is 4.74. The minimum atomic E-state index is 0.0713. The largest absolute Gasteiger partial charge is 0.454 e. The molecule has 1 amide bonds. The summed E-state index contributed by atoms with van der Waals surface area (Å²) in [4.78, 5) is 19.0. The highest BCUT2D eigenvalue weighted by Gasteiger charge is 2.28. The molecule has 5 heteroatoms. The summed E-state index contributed by atoms with van der Waals surface area (Å²) < 4.78 is 10.8. The van der Waals surface area contributed by atoms with E-state index in [1.165, 1.54) is 12.8 Å². The zero-order valence-electron chi connectivity index (χ0n) is 13.5. The number of nitrogens with zero attached hydrogens (tertiary/aromatic N) is 2. The van der Waals surface area contributed by atoms with Crippen molar-refractivity contribution in [2.75, 3.05) is 6.79 Å². The first kappa shape index (κ1) is 15.0. The maximum absolute atomic E-state index is 13.0. The molecule has 1 aromatic carbocycles. The second-order valence-corrected chi connectivity index (χ2v) is 6.29. The van der Waals surface area contributed by atoms with Gasteiger partial charge in [-0.25, -0.2) is 0 Å². The highest BCUT2D eigenvalue weighted by Crippen LogP contribution is 2.34. The molecule has 0 bridgehead atoms. The Morgan fingerprint density at radius 3 is 2.62 bits per heavy atom. The molecule has 0 atom stereocenters. The van der Waals surface area contributed by atoms with E-state index in [2.05, 4.69) is 4.98 Å². The van der Waals surface area contributed by atoms with Crippen molar-refractivity contribution in [1.29, 1.82) is 0 Å². The van der Waals surface area contributed by atoms with E-state index in [0.717, 1.165) is 29.9 Å². The molecule has 2 aliphatic rings. The van der Waals surface area contributed by atoms with E-state index in [1.54, 1.807) is 24.5 Å². The van der Waals surface area contributed by atoms with Gasteiger partial charge in [-0.3, -0.25) is 9.78 Å². The van der Waals surface area contributed by atoms with Crippen LogP contribution in [-0.4, -0.2) is 28.6 Å². The molecular formula is C19H20N2O3. The highest BCUT2D eigenvalue weighted by molar-refractivity contribution is 5.94. The smallest absolute Gasteiger partial charge is 0.254 e. The number of pyridine rings is 1. The molecule has 1 aliphatic heterocycles. The van der Waals surface area contributed by atoms with Gasteiger partial charge in [0.05, 0.1) is 0 Å². The number of amides is 1. The molecule has 1 saturated carbocycles. The van der Waals surface area contributed by atoms with Gasteiger partial charge in [0, 0.05) is 30.5 Å². The highest BCUT2D eigenvalue weighted by atomic mass is 16.7. The van der Waals surface area contributed by atoms with Crippen molar-refractivity contribution in [2.24, 2.45) is 0 Å². The van der Waals surface area contributed by atoms with E-state index in [-0.39, 0.29) is 12.7 Å². The second kappa shape index (κ2) is 6.51. The fraction of sp³-hybridized carbons (Fsp3) is 0.368. The zero-order chi connectivity index (χ0) is 16.4. The number of fused-ring (bicyclic) bond motifs is 1. The molecule has 2 heterocycles. The van der Waals surface area contributed by atoms with E-state index < -0.39 is 0 Å². The summed E-state index contributed by atoms with van der Waals surface area (Å²) in [5.74, 6) is 1.60. The van der Waals surface area contributed by atoms with E-state index in [4.69, 9.17) is 9.47 Å². The number of aromatic nitrogens is 1. The quantitative estimate of drug-likeness (QED) is 0.865. The van der Waals surface area contributed by atoms with Crippen LogP contribution in [0.4, 0.5) is 0 Å². The Hall–Kier alpha value is -2.56. The summed E-state index contributed by atoms with van der Waals surface area (Å²) in [6.45, 7) is 0.851. The van der Waals surface area contributed by atoms with Crippen LogP contribution in [0, 0.1) is 0 Å². The zero-order valence-corrected chi connectivity index (χ0v) is 13.5. The van der Waals surface area contributed by atoms with Crippen LogP contribution in [0.15, 0.2) is 42.7 Å². The van der Waals surface area contributed by atoms with Gasteiger partial charge in [0.15, 0.2) is 11.5 Å². The van der Waals surface area contributed by atoms with Crippen molar-refractivity contribution >= 4 is 5.91 Å². The summed E-state index contributed by atoms with van der Waals surface area (Å²) in [6, 6.07) is 9.77. The van der Waals surface area contributed by atoms with Crippen LogP contribution in [-0.2, 0) is 6.54 Å². The number of benzene rings is 1. The van der Waals surface area contributed by atoms with Crippen LogP contribution < -0.4 is 9.47 Å². The van der Waals surface area contributed by atoms with Crippen molar-refractivity contribution in [3.05, 3.63) is 53.9 Å². The lowest BCUT2D eigenvalue weighted by atomic mass is 10.1. The molecule has 0 N–H and O–H groups in total. The molecule has 24 heavy (non-hydrogen) atoms. The van der Waals surface area contributed by atoms with Crippen LogP contribution in [0.2, 0.25) is 0 Å². The van der Waals surface area contributed by atoms with Crippen molar-refractivity contribution in [3.63, 3.8) is 0 Å². The van der Waals surface area contributed by atoms with Crippen LogP contribution in [0.3, 0.4) is 0 Å². The second-order valence-electron chi connectivity index (χ2n) is 6.29. The van der Waals surface area contributed by atoms with E-state index in [1.807, 2.05) is 23.1 Å². The Kier molecular flexibility index (Phi) is 4.07. The molecule has 5 nitrogen and oxygen atoms in total. The van der Waals surface area contributed by atoms with Crippen molar-refractivity contribution < 1.29 is 14.3 Å². The minimum absolute atomic E-state index is 0.0713. The molecule has 2 aromatic rings. The fourth-order valence-electron chi connectivity index (χ4n) is 3.48. The third-order valence-electron chi connectivity index (χ3n) is 4.74. The first-order valence-electron chi connectivity index (χ1n) is 8.41. The maximum Gasteiger partial charge on any atom is 0.254 e. The van der Waals surface area contributed by atoms with Crippen molar-refractivity contribution in [2.45, 2.75) is 38.3 Å². The van der Waals surface area contributed by atoms with Crippen LogP contribution >= 0.6 is 0 Å². The van der Waals surface area contributed by atoms with E-state index in [0.29, 0.717) is 18.2 Å². The molecule has 0 radical (unpaired) electrons. The van der Waals surface area contributed by atoms with Gasteiger partial charge in [0.1, 0.15) is 0 Å². The molecular weight excluding hydrogens is 304 g/mol. The van der Waals surface area contributed by atoms with Crippen LogP contribution in [0.5, 0.6) is 11.5 Å². The molecule has 4 rings (SSSR count). The molecule has 0 spiro atoms. The Morgan fingerprint density at radius 2 is 1.83 bits per heavy atom. The molecule has 0 saturated heterocycles. The first-order chi connectivity index (χ1) is 11.8. The first-order valence-corrected chi connectivity index (χ1v) is 8.41. The topological polar surface area (TPSA) is 51.7 Å². The lowest BCUT2D eigenvalue weighted by Gasteiger charge is -2.29. The Balaban J connectivity index is 1.59. The van der Waals surface area contributed by atoms with Crippen molar-refractivity contribution in [3.8, 4) is 11.5 Å². The van der Waals surface area contributed by atoms with Gasteiger partial charge >= 0.3 is 0 Å². The van der Waals surface area contributed by atoms with Gasteiger partial charge in [0.2, 0.25) is 6.79 Å². The molecule has 1 aromatic heterocycles. The number of ether oxygens (including phenoxy) is 2. The lowest BCUT2D eigenvalue weighted by Crippen LogP contribution is -2.38. The number of hydrogen-bond acceptors (Lipinski definition) is 4. The monoisotopic (exact) mass is 324 g/mol. The number of hydrogen-bond donors (Lipinski definition) is 0. The van der Waals surface area contributed by atoms with Gasteiger partial charge in [0.25, 0.3) is 5.91 Å². The van der Waals surface area contributed by atoms with Crippen LogP contribution in [0.25, 0.3) is 0 Å². The van der Waals surface area contributed by atoms with Gasteiger partial charge in [-0.2, -0.15) is 0 Å². The summed E-state index contributed by atoms with van der Waals surface area (Å²) in [6.07, 6.45) is 7.85. The average Bonchev–Trinajstić information content (AvgIpc) is 3.31. The van der Waals surface area contributed by atoms with E-state index >= 15 is 0 Å². The normalized spacial score (nSPS) is 16.3. The maximum atomic E-state index is 13.0. The van der Waals surface area contributed by atoms with E-state index in [9.17, 15) is 4.79 Å². The molecule has 124 valence electrons. The summed E-state index contributed by atoms with van der Waals surface area (Å²) in [5.41, 5.74) is 1.76. The SMILES string of the molecule is O=C(c1ccncc1)N(Cc1ccc2c(c1)OCO2)C1CCCC1. The predicted octanol–water partition coefficient (Wildman–Crippen LogP) is 3.40. The van der Waals surface area contributed by atoms with Gasteiger partial charge in [-0.15, -0.1) is 0 Å². The minimum Gasteiger partial charge on any atom is -0.454 e. The number of rotatable bonds is 4. The average molecular weight is 324 g/mol. The molecule has 1 fully saturated rings. The number of carbonyl (C=O) groups is 1. The summed E-state index contributed by atoms with van der Waals surface area (Å²) in [7, 11) is 0. The predicted molar refractivity (Wildman–Crippen MR) is 88.9 cm³/mol. The number of carbonyl (C=O) groups excluding carboxylic acids is 1. The Bertz CT molecular complexity index is 727. The van der Waals surface area contributed by atoms with Gasteiger partial charge in [-0.05, 0) is 42.7 Å². The van der Waals surface area contributed by atoms with Gasteiger partial charge in [-0.1, -0.05) is 18.9 Å². The standard InChI is InChI=1S/C19H20N2O3/c22-19(15-7-9-20-10-8-15)21(16-3-1-2-4-16)12-14-5-6-17-18(11-14)24-13-23-17/h5-11,16H,1-4,12-13H2. The lowest BCUT2D eigenvalue weighted by molar-refractivity contribution is 0.0664. The molecule has 0 unspecified atom stereocenters. The molecule has 1 aliphatic carbocycles. The third kappa shape index (κ3) is 2.94. The summed E-state index contributed by atoms with van der Waals surface area (Å²) >= 11 is 0. The summed E-state index contributed by atoms with van der Waals surface area (Å²) in [5, 5.41) is 0. The van der Waals surface area contributed by atoms with Gasteiger partial charge < -0.3 is 14.4 Å². The Morgan fingerprint density at radius 1 is 1.08 bits per heavy atom. The fourth-order valence-corrected chi connectivity index (χ4v) is 3.48. The van der Waals surface area contributed by atoms with Crippen molar-refractivity contribution in [1.82, 2.24) is 9.88 Å².